The highest BCUT2D eigenvalue weighted by molar-refractivity contribution is 9.10. The molecule has 0 aliphatic rings. The summed E-state index contributed by atoms with van der Waals surface area (Å²) in [6.07, 6.45) is 0. The van der Waals surface area contributed by atoms with E-state index in [2.05, 4.69) is 25.9 Å². The van der Waals surface area contributed by atoms with E-state index in [0.717, 1.165) is 0 Å². The molecule has 0 saturated heterocycles. The van der Waals surface area contributed by atoms with Gasteiger partial charge in [0.2, 0.25) is 5.95 Å². The summed E-state index contributed by atoms with van der Waals surface area (Å²) in [4.78, 5) is 7.69. The number of hydrogen-bond acceptors (Lipinski definition) is 3. The Morgan fingerprint density at radius 2 is 1.94 bits per heavy atom. The molecule has 0 spiro atoms. The van der Waals surface area contributed by atoms with E-state index >= 15 is 0 Å². The first-order valence-electron chi connectivity index (χ1n) is 4.43. The third-order valence-electron chi connectivity index (χ3n) is 2.01. The van der Waals surface area contributed by atoms with Gasteiger partial charge in [0, 0.05) is 10.6 Å². The van der Waals surface area contributed by atoms with Crippen molar-refractivity contribution in [3.63, 3.8) is 0 Å². The highest BCUT2D eigenvalue weighted by atomic mass is 79.9. The Bertz CT molecular complexity index is 592. The zero-order valence-electron chi connectivity index (χ0n) is 8.22. The summed E-state index contributed by atoms with van der Waals surface area (Å²) in [5.74, 6) is -0.532. The molecule has 0 saturated carbocycles. The smallest absolute Gasteiger partial charge is 0.222 e. The van der Waals surface area contributed by atoms with Crippen molar-refractivity contribution in [3.8, 4) is 11.3 Å². The van der Waals surface area contributed by atoms with Crippen LogP contribution in [0.3, 0.4) is 0 Å². The van der Waals surface area contributed by atoms with Gasteiger partial charge in [-0.2, -0.15) is 0 Å². The van der Waals surface area contributed by atoms with Gasteiger partial charge in [0.1, 0.15) is 11.0 Å². The van der Waals surface area contributed by atoms with Gasteiger partial charge in [0.15, 0.2) is 0 Å². The van der Waals surface area contributed by atoms with Crippen molar-refractivity contribution in [3.05, 3.63) is 38.7 Å². The SMILES string of the molecule is Nc1nc(Cl)c(Br)c(-c2ccc(Cl)cc2F)n1. The maximum absolute atomic E-state index is 13.7. The fourth-order valence-electron chi connectivity index (χ4n) is 1.30. The first kappa shape index (κ1) is 12.5. The largest absolute Gasteiger partial charge is 0.368 e. The second kappa shape index (κ2) is 4.76. The van der Waals surface area contributed by atoms with E-state index in [9.17, 15) is 4.39 Å². The molecule has 0 aliphatic carbocycles. The van der Waals surface area contributed by atoms with Gasteiger partial charge in [-0.25, -0.2) is 14.4 Å². The van der Waals surface area contributed by atoms with Crippen LogP contribution in [0.1, 0.15) is 0 Å². The van der Waals surface area contributed by atoms with E-state index in [4.69, 9.17) is 28.9 Å². The monoisotopic (exact) mass is 335 g/mol. The van der Waals surface area contributed by atoms with E-state index in [0.29, 0.717) is 9.50 Å². The Labute approximate surface area is 115 Å². The van der Waals surface area contributed by atoms with E-state index in [1.807, 2.05) is 0 Å². The van der Waals surface area contributed by atoms with Gasteiger partial charge in [0.05, 0.1) is 10.2 Å². The predicted octanol–water partition coefficient (Wildman–Crippen LogP) is 3.93. The lowest BCUT2D eigenvalue weighted by atomic mass is 10.1. The molecule has 7 heteroatoms. The zero-order chi connectivity index (χ0) is 12.6. The zero-order valence-corrected chi connectivity index (χ0v) is 11.3. The summed E-state index contributed by atoms with van der Waals surface area (Å²) in [6.45, 7) is 0. The molecule has 2 rings (SSSR count). The van der Waals surface area contributed by atoms with Crippen LogP contribution in [0.25, 0.3) is 11.3 Å². The first-order chi connectivity index (χ1) is 7.99. The van der Waals surface area contributed by atoms with Gasteiger partial charge in [0.25, 0.3) is 0 Å². The van der Waals surface area contributed by atoms with Gasteiger partial charge < -0.3 is 5.73 Å². The van der Waals surface area contributed by atoms with Crippen LogP contribution in [-0.2, 0) is 0 Å². The van der Waals surface area contributed by atoms with E-state index < -0.39 is 5.82 Å². The molecule has 0 radical (unpaired) electrons. The van der Waals surface area contributed by atoms with Crippen molar-refractivity contribution < 1.29 is 4.39 Å². The van der Waals surface area contributed by atoms with Crippen LogP contribution in [0, 0.1) is 5.82 Å². The number of anilines is 1. The fourth-order valence-corrected chi connectivity index (χ4v) is 2.02. The minimum Gasteiger partial charge on any atom is -0.368 e. The first-order valence-corrected chi connectivity index (χ1v) is 5.98. The van der Waals surface area contributed by atoms with Crippen LogP contribution < -0.4 is 5.73 Å². The number of nitrogens with zero attached hydrogens (tertiary/aromatic N) is 2. The second-order valence-electron chi connectivity index (χ2n) is 3.16. The molecular weight excluding hydrogens is 332 g/mol. The molecule has 17 heavy (non-hydrogen) atoms. The Balaban J connectivity index is 2.68. The lowest BCUT2D eigenvalue weighted by Crippen LogP contribution is -1.99. The van der Waals surface area contributed by atoms with Crippen LogP contribution in [0.2, 0.25) is 10.2 Å². The molecule has 0 unspecified atom stereocenters. The Morgan fingerprint density at radius 1 is 1.24 bits per heavy atom. The Morgan fingerprint density at radius 3 is 2.59 bits per heavy atom. The van der Waals surface area contributed by atoms with Gasteiger partial charge in [-0.15, -0.1) is 0 Å². The van der Waals surface area contributed by atoms with E-state index in [1.54, 1.807) is 6.07 Å². The average molecular weight is 337 g/mol. The molecule has 2 aromatic rings. The van der Waals surface area contributed by atoms with Gasteiger partial charge in [-0.3, -0.25) is 0 Å². The maximum Gasteiger partial charge on any atom is 0.222 e. The van der Waals surface area contributed by atoms with E-state index in [1.165, 1.54) is 12.1 Å². The second-order valence-corrected chi connectivity index (χ2v) is 4.75. The van der Waals surface area contributed by atoms with Gasteiger partial charge in [-0.1, -0.05) is 23.2 Å². The highest BCUT2D eigenvalue weighted by Crippen LogP contribution is 2.33. The lowest BCUT2D eigenvalue weighted by molar-refractivity contribution is 0.630. The fraction of sp³-hybridized carbons (Fsp3) is 0. The summed E-state index contributed by atoms with van der Waals surface area (Å²) in [7, 11) is 0. The van der Waals surface area contributed by atoms with Crippen molar-refractivity contribution in [1.82, 2.24) is 9.97 Å². The molecule has 2 N–H and O–H groups in total. The maximum atomic E-state index is 13.7. The summed E-state index contributed by atoms with van der Waals surface area (Å²) in [5.41, 5.74) is 6.01. The molecule has 3 nitrogen and oxygen atoms in total. The third kappa shape index (κ3) is 2.51. The molecular formula is C10H5BrCl2FN3. The number of nitrogen functional groups attached to an aromatic ring is 1. The summed E-state index contributed by atoms with van der Waals surface area (Å²) < 4.78 is 14.1. The highest BCUT2D eigenvalue weighted by Gasteiger charge is 2.15. The Kier molecular flexibility index (Phi) is 3.51. The normalized spacial score (nSPS) is 10.6. The minimum atomic E-state index is -0.507. The molecule has 0 atom stereocenters. The van der Waals surface area contributed by atoms with Crippen molar-refractivity contribution in [2.45, 2.75) is 0 Å². The number of aromatic nitrogens is 2. The molecule has 0 aliphatic heterocycles. The number of rotatable bonds is 1. The van der Waals surface area contributed by atoms with Gasteiger partial charge >= 0.3 is 0 Å². The molecule has 1 heterocycles. The van der Waals surface area contributed by atoms with Crippen LogP contribution >= 0.6 is 39.1 Å². The van der Waals surface area contributed by atoms with Gasteiger partial charge in [-0.05, 0) is 34.1 Å². The minimum absolute atomic E-state index is 0.0254. The van der Waals surface area contributed by atoms with Crippen LogP contribution in [0.5, 0.6) is 0 Å². The number of nitrogens with two attached hydrogens (primary N) is 1. The molecule has 1 aromatic heterocycles. The molecule has 88 valence electrons. The molecule has 1 aromatic carbocycles. The van der Waals surface area contributed by atoms with Crippen LogP contribution in [-0.4, -0.2) is 9.97 Å². The lowest BCUT2D eigenvalue weighted by Gasteiger charge is -2.07. The van der Waals surface area contributed by atoms with E-state index in [-0.39, 0.29) is 22.4 Å². The number of hydrogen-bond donors (Lipinski definition) is 1. The number of halogens is 4. The van der Waals surface area contributed by atoms with Crippen LogP contribution in [0.4, 0.5) is 10.3 Å². The van der Waals surface area contributed by atoms with Crippen molar-refractivity contribution in [2.24, 2.45) is 0 Å². The standard InChI is InChI=1S/C10H5BrCl2FN3/c11-7-8(16-10(15)17-9(7)13)5-2-1-4(12)3-6(5)14/h1-3H,(H2,15,16,17). The Hall–Kier alpha value is -0.910. The predicted molar refractivity (Wildman–Crippen MR) is 69.6 cm³/mol. The summed E-state index contributed by atoms with van der Waals surface area (Å²) in [6, 6.07) is 4.24. The quantitative estimate of drug-likeness (QED) is 0.802. The topological polar surface area (TPSA) is 51.8 Å². The summed E-state index contributed by atoms with van der Waals surface area (Å²) in [5, 5.41) is 0.428. The third-order valence-corrected chi connectivity index (χ3v) is 3.50. The molecule has 0 bridgehead atoms. The average Bonchev–Trinajstić information content (AvgIpc) is 2.24. The van der Waals surface area contributed by atoms with Crippen LogP contribution in [0.15, 0.2) is 22.7 Å². The number of benzene rings is 1. The van der Waals surface area contributed by atoms with Crippen molar-refractivity contribution >= 4 is 45.1 Å². The summed E-state index contributed by atoms with van der Waals surface area (Å²) >= 11 is 14.7. The van der Waals surface area contributed by atoms with Crippen molar-refractivity contribution in [2.75, 3.05) is 5.73 Å². The molecule has 0 amide bonds. The molecule has 0 fully saturated rings. The van der Waals surface area contributed by atoms with Crippen molar-refractivity contribution in [1.29, 1.82) is 0 Å².